The minimum absolute atomic E-state index is 0.147. The molecule has 5 nitrogen and oxygen atoms in total. The van der Waals surface area contributed by atoms with Crippen LogP contribution in [0.3, 0.4) is 0 Å². The number of benzene rings is 2. The number of nitrogens with zero attached hydrogens (tertiary/aromatic N) is 3. The first-order valence-corrected chi connectivity index (χ1v) is 8.81. The fourth-order valence-corrected chi connectivity index (χ4v) is 3.12. The Morgan fingerprint density at radius 1 is 1.15 bits per heavy atom. The van der Waals surface area contributed by atoms with Crippen LogP contribution < -0.4 is 10.1 Å². The number of hydrogen-bond acceptors (Lipinski definition) is 5. The molecule has 1 fully saturated rings. The van der Waals surface area contributed by atoms with Crippen molar-refractivity contribution in [2.45, 2.75) is 18.9 Å². The van der Waals surface area contributed by atoms with Crippen molar-refractivity contribution in [3.8, 4) is 5.75 Å². The molecule has 4 rings (SSSR count). The van der Waals surface area contributed by atoms with Crippen LogP contribution in [-0.4, -0.2) is 41.1 Å². The van der Waals surface area contributed by atoms with Crippen LogP contribution in [0, 0.1) is 5.82 Å². The van der Waals surface area contributed by atoms with E-state index in [1.165, 1.54) is 6.07 Å². The number of piperidine rings is 1. The Labute approximate surface area is 151 Å². The molecule has 134 valence electrons. The lowest BCUT2D eigenvalue weighted by atomic mass is 10.1. The van der Waals surface area contributed by atoms with Gasteiger partial charge in [0, 0.05) is 30.7 Å². The van der Waals surface area contributed by atoms with Crippen LogP contribution in [0.4, 0.5) is 16.0 Å². The Balaban J connectivity index is 1.46. The lowest BCUT2D eigenvalue weighted by Gasteiger charge is -2.29. The minimum Gasteiger partial charge on any atom is -0.490 e. The standard InChI is InChI=1S/C20H21FN4O/c1-25-10-8-15(9-11-25)26-16-6-7-19(17(21)12-16)24-20-22-13-14-4-2-3-5-18(14)23-20/h2-7,12-13,15H,8-11H2,1H3,(H,22,23,24). The van der Waals surface area contributed by atoms with Gasteiger partial charge in [0.25, 0.3) is 0 Å². The number of anilines is 2. The van der Waals surface area contributed by atoms with E-state index in [4.69, 9.17) is 4.74 Å². The van der Waals surface area contributed by atoms with Crippen molar-refractivity contribution in [1.82, 2.24) is 14.9 Å². The zero-order valence-corrected chi connectivity index (χ0v) is 14.7. The first-order valence-electron chi connectivity index (χ1n) is 8.81. The summed E-state index contributed by atoms with van der Waals surface area (Å²) in [5.41, 5.74) is 1.14. The van der Waals surface area contributed by atoms with Crippen LogP contribution in [-0.2, 0) is 0 Å². The maximum absolute atomic E-state index is 14.5. The highest BCUT2D eigenvalue weighted by atomic mass is 19.1. The summed E-state index contributed by atoms with van der Waals surface area (Å²) in [5, 5.41) is 3.89. The number of aromatic nitrogens is 2. The predicted molar refractivity (Wildman–Crippen MR) is 100 cm³/mol. The highest BCUT2D eigenvalue weighted by molar-refractivity contribution is 5.78. The number of hydrogen-bond donors (Lipinski definition) is 1. The quantitative estimate of drug-likeness (QED) is 0.769. The molecule has 0 saturated carbocycles. The molecule has 0 radical (unpaired) electrons. The molecule has 0 aliphatic carbocycles. The third kappa shape index (κ3) is 3.75. The zero-order valence-electron chi connectivity index (χ0n) is 14.7. The molecule has 1 aliphatic rings. The summed E-state index contributed by atoms with van der Waals surface area (Å²) < 4.78 is 20.4. The van der Waals surface area contributed by atoms with Gasteiger partial charge < -0.3 is 15.0 Å². The highest BCUT2D eigenvalue weighted by Gasteiger charge is 2.18. The molecule has 1 aliphatic heterocycles. The summed E-state index contributed by atoms with van der Waals surface area (Å²) in [6.07, 6.45) is 3.79. The molecule has 1 saturated heterocycles. The van der Waals surface area contributed by atoms with Gasteiger partial charge in [-0.1, -0.05) is 18.2 Å². The maximum atomic E-state index is 14.5. The number of likely N-dealkylation sites (tertiary alicyclic amines) is 1. The summed E-state index contributed by atoms with van der Waals surface area (Å²) in [6, 6.07) is 12.5. The molecule has 1 N–H and O–H groups in total. The smallest absolute Gasteiger partial charge is 0.227 e. The Kier molecular flexibility index (Phi) is 4.67. The lowest BCUT2D eigenvalue weighted by Crippen LogP contribution is -2.35. The van der Waals surface area contributed by atoms with Crippen LogP contribution in [0.1, 0.15) is 12.8 Å². The van der Waals surface area contributed by atoms with Gasteiger partial charge in [0.1, 0.15) is 17.7 Å². The van der Waals surface area contributed by atoms with Crippen molar-refractivity contribution < 1.29 is 9.13 Å². The van der Waals surface area contributed by atoms with Crippen molar-refractivity contribution in [2.24, 2.45) is 0 Å². The summed E-state index contributed by atoms with van der Waals surface area (Å²) in [7, 11) is 2.10. The predicted octanol–water partition coefficient (Wildman–Crippen LogP) is 3.99. The number of halogens is 1. The molecule has 0 spiro atoms. The summed E-state index contributed by atoms with van der Waals surface area (Å²) in [6.45, 7) is 2.01. The molecule has 2 aromatic carbocycles. The molecule has 2 heterocycles. The number of fused-ring (bicyclic) bond motifs is 1. The van der Waals surface area contributed by atoms with E-state index in [1.807, 2.05) is 24.3 Å². The minimum atomic E-state index is -0.382. The van der Waals surface area contributed by atoms with Gasteiger partial charge in [-0.2, -0.15) is 0 Å². The Morgan fingerprint density at radius 2 is 1.96 bits per heavy atom. The normalized spacial score (nSPS) is 15.9. The molecule has 6 heteroatoms. The third-order valence-electron chi connectivity index (χ3n) is 4.64. The van der Waals surface area contributed by atoms with Gasteiger partial charge >= 0.3 is 0 Å². The van der Waals surface area contributed by atoms with Gasteiger partial charge in [0.15, 0.2) is 0 Å². The molecule has 0 bridgehead atoms. The first-order chi connectivity index (χ1) is 12.7. The summed E-state index contributed by atoms with van der Waals surface area (Å²) in [5.74, 6) is 0.542. The number of ether oxygens (including phenoxy) is 1. The average Bonchev–Trinajstić information content (AvgIpc) is 2.66. The van der Waals surface area contributed by atoms with Crippen molar-refractivity contribution in [1.29, 1.82) is 0 Å². The first kappa shape index (κ1) is 16.7. The van der Waals surface area contributed by atoms with E-state index < -0.39 is 0 Å². The van der Waals surface area contributed by atoms with E-state index in [2.05, 4.69) is 27.2 Å². The van der Waals surface area contributed by atoms with Gasteiger partial charge in [-0.3, -0.25) is 0 Å². The van der Waals surface area contributed by atoms with Crippen LogP contribution in [0.5, 0.6) is 5.75 Å². The molecule has 0 atom stereocenters. The van der Waals surface area contributed by atoms with Crippen molar-refractivity contribution in [3.05, 3.63) is 54.5 Å². The zero-order chi connectivity index (χ0) is 17.9. The average molecular weight is 352 g/mol. The van der Waals surface area contributed by atoms with Crippen molar-refractivity contribution in [3.63, 3.8) is 0 Å². The second kappa shape index (κ2) is 7.25. The molecule has 26 heavy (non-hydrogen) atoms. The second-order valence-corrected chi connectivity index (χ2v) is 6.64. The van der Waals surface area contributed by atoms with Crippen molar-refractivity contribution >= 4 is 22.5 Å². The van der Waals surface area contributed by atoms with E-state index in [0.717, 1.165) is 36.8 Å². The molecular formula is C20H21FN4O. The maximum Gasteiger partial charge on any atom is 0.227 e. The van der Waals surface area contributed by atoms with E-state index >= 15 is 0 Å². The fourth-order valence-electron chi connectivity index (χ4n) is 3.12. The van der Waals surface area contributed by atoms with Crippen LogP contribution in [0.2, 0.25) is 0 Å². The number of para-hydroxylation sites is 1. The fraction of sp³-hybridized carbons (Fsp3) is 0.300. The van der Waals surface area contributed by atoms with Gasteiger partial charge in [0.2, 0.25) is 5.95 Å². The SMILES string of the molecule is CN1CCC(Oc2ccc(Nc3ncc4ccccc4n3)c(F)c2)CC1. The van der Waals surface area contributed by atoms with Gasteiger partial charge in [-0.25, -0.2) is 14.4 Å². The molecular weight excluding hydrogens is 331 g/mol. The highest BCUT2D eigenvalue weighted by Crippen LogP contribution is 2.25. The van der Waals surface area contributed by atoms with Gasteiger partial charge in [0.05, 0.1) is 11.2 Å². The molecule has 1 aromatic heterocycles. The van der Waals surface area contributed by atoms with Gasteiger partial charge in [-0.15, -0.1) is 0 Å². The molecule has 3 aromatic rings. The third-order valence-corrected chi connectivity index (χ3v) is 4.64. The van der Waals surface area contributed by atoms with E-state index in [1.54, 1.807) is 18.3 Å². The Morgan fingerprint density at radius 3 is 2.77 bits per heavy atom. The topological polar surface area (TPSA) is 50.3 Å². The number of rotatable bonds is 4. The summed E-state index contributed by atoms with van der Waals surface area (Å²) >= 11 is 0. The van der Waals surface area contributed by atoms with E-state index in [0.29, 0.717) is 17.4 Å². The second-order valence-electron chi connectivity index (χ2n) is 6.64. The Bertz CT molecular complexity index is 909. The number of nitrogens with one attached hydrogen (secondary N) is 1. The van der Waals surface area contributed by atoms with E-state index in [9.17, 15) is 4.39 Å². The summed E-state index contributed by atoms with van der Waals surface area (Å²) in [4.78, 5) is 10.9. The molecule has 0 unspecified atom stereocenters. The monoisotopic (exact) mass is 352 g/mol. The molecule has 0 amide bonds. The van der Waals surface area contributed by atoms with E-state index in [-0.39, 0.29) is 11.9 Å². The van der Waals surface area contributed by atoms with Gasteiger partial charge in [-0.05, 0) is 38.1 Å². The van der Waals surface area contributed by atoms with Crippen LogP contribution in [0.25, 0.3) is 10.9 Å². The van der Waals surface area contributed by atoms with Crippen LogP contribution >= 0.6 is 0 Å². The van der Waals surface area contributed by atoms with Crippen molar-refractivity contribution in [2.75, 3.05) is 25.5 Å². The lowest BCUT2D eigenvalue weighted by molar-refractivity contribution is 0.114. The Hall–Kier alpha value is -2.73. The van der Waals surface area contributed by atoms with Crippen LogP contribution in [0.15, 0.2) is 48.7 Å². The largest absolute Gasteiger partial charge is 0.490 e.